The van der Waals surface area contributed by atoms with Gasteiger partial charge in [-0.05, 0) is 38.3 Å². The van der Waals surface area contributed by atoms with Crippen LogP contribution >= 0.6 is 0 Å². The normalized spacial score (nSPS) is 23.6. The van der Waals surface area contributed by atoms with Gasteiger partial charge in [0.25, 0.3) is 0 Å². The lowest BCUT2D eigenvalue weighted by Gasteiger charge is -2.05. The Bertz CT molecular complexity index is 600. The van der Waals surface area contributed by atoms with Gasteiger partial charge in [0, 0.05) is 16.6 Å². The molecule has 2 atom stereocenters. The SMILES string of the molecule is Cc1[nH]c2ccccc2c1C[C@@H]1C[C@H](C)OC1=O. The summed E-state index contributed by atoms with van der Waals surface area (Å²) < 4.78 is 5.23. The molecule has 18 heavy (non-hydrogen) atoms. The number of aromatic amines is 1. The summed E-state index contributed by atoms with van der Waals surface area (Å²) in [5.74, 6) is -0.0370. The Morgan fingerprint density at radius 3 is 2.89 bits per heavy atom. The van der Waals surface area contributed by atoms with Crippen LogP contribution in [-0.2, 0) is 16.0 Å². The number of cyclic esters (lactones) is 1. The molecular formula is C15H17NO2. The second kappa shape index (κ2) is 4.16. The molecule has 1 aromatic carbocycles. The number of nitrogens with one attached hydrogen (secondary N) is 1. The number of H-pyrrole nitrogens is 1. The smallest absolute Gasteiger partial charge is 0.309 e. The number of para-hydroxylation sites is 1. The summed E-state index contributed by atoms with van der Waals surface area (Å²) in [6.45, 7) is 4.03. The summed E-state index contributed by atoms with van der Waals surface area (Å²) in [5.41, 5.74) is 3.55. The molecule has 1 saturated heterocycles. The van der Waals surface area contributed by atoms with Gasteiger partial charge in [0.15, 0.2) is 0 Å². The number of carbonyl (C=O) groups excluding carboxylic acids is 1. The zero-order valence-electron chi connectivity index (χ0n) is 10.7. The van der Waals surface area contributed by atoms with Gasteiger partial charge < -0.3 is 9.72 Å². The fourth-order valence-corrected chi connectivity index (χ4v) is 2.85. The van der Waals surface area contributed by atoms with Crippen LogP contribution in [-0.4, -0.2) is 17.1 Å². The number of ether oxygens (including phenoxy) is 1. The summed E-state index contributed by atoms with van der Waals surface area (Å²) in [6.07, 6.45) is 1.67. The van der Waals surface area contributed by atoms with Crippen molar-refractivity contribution in [2.75, 3.05) is 0 Å². The van der Waals surface area contributed by atoms with Crippen LogP contribution < -0.4 is 0 Å². The summed E-state index contributed by atoms with van der Waals surface area (Å²) in [6, 6.07) is 8.24. The molecule has 3 heteroatoms. The van der Waals surface area contributed by atoms with Gasteiger partial charge in [0.05, 0.1) is 12.0 Å². The van der Waals surface area contributed by atoms with E-state index in [9.17, 15) is 4.79 Å². The summed E-state index contributed by atoms with van der Waals surface area (Å²) >= 11 is 0. The summed E-state index contributed by atoms with van der Waals surface area (Å²) in [4.78, 5) is 15.1. The Morgan fingerprint density at radius 1 is 1.39 bits per heavy atom. The number of carbonyl (C=O) groups is 1. The lowest BCUT2D eigenvalue weighted by molar-refractivity contribution is -0.143. The maximum atomic E-state index is 11.7. The Morgan fingerprint density at radius 2 is 2.17 bits per heavy atom. The average molecular weight is 243 g/mol. The zero-order chi connectivity index (χ0) is 12.7. The van der Waals surface area contributed by atoms with Crippen molar-refractivity contribution in [2.45, 2.75) is 32.8 Å². The van der Waals surface area contributed by atoms with E-state index < -0.39 is 0 Å². The molecule has 0 bridgehead atoms. The highest BCUT2D eigenvalue weighted by Gasteiger charge is 2.32. The van der Waals surface area contributed by atoms with Crippen molar-refractivity contribution < 1.29 is 9.53 Å². The summed E-state index contributed by atoms with van der Waals surface area (Å²) in [7, 11) is 0. The highest BCUT2D eigenvalue weighted by atomic mass is 16.5. The van der Waals surface area contributed by atoms with Gasteiger partial charge in [-0.3, -0.25) is 4.79 Å². The first-order valence-corrected chi connectivity index (χ1v) is 6.42. The van der Waals surface area contributed by atoms with E-state index in [2.05, 4.69) is 24.0 Å². The van der Waals surface area contributed by atoms with Crippen molar-refractivity contribution in [3.63, 3.8) is 0 Å². The Balaban J connectivity index is 1.95. The molecule has 1 N–H and O–H groups in total. The molecule has 0 aliphatic carbocycles. The molecule has 2 aromatic rings. The molecule has 0 amide bonds. The van der Waals surface area contributed by atoms with E-state index in [0.717, 1.165) is 24.1 Å². The molecule has 1 aliphatic rings. The molecule has 0 saturated carbocycles. The van der Waals surface area contributed by atoms with E-state index in [1.54, 1.807) is 0 Å². The predicted octanol–water partition coefficient (Wildman–Crippen LogP) is 2.97. The van der Waals surface area contributed by atoms with Gasteiger partial charge in [0.1, 0.15) is 0 Å². The maximum absolute atomic E-state index is 11.7. The maximum Gasteiger partial charge on any atom is 0.309 e. The first-order chi connectivity index (χ1) is 8.65. The van der Waals surface area contributed by atoms with E-state index in [4.69, 9.17) is 4.74 Å². The monoisotopic (exact) mass is 243 g/mol. The Labute approximate surface area is 106 Å². The molecule has 1 aliphatic heterocycles. The molecule has 0 unspecified atom stereocenters. The molecule has 0 spiro atoms. The zero-order valence-corrected chi connectivity index (χ0v) is 10.7. The first kappa shape index (κ1) is 11.3. The van der Waals surface area contributed by atoms with Crippen LogP contribution in [0.5, 0.6) is 0 Å². The largest absolute Gasteiger partial charge is 0.462 e. The van der Waals surface area contributed by atoms with Crippen molar-refractivity contribution in [3.8, 4) is 0 Å². The number of rotatable bonds is 2. The first-order valence-electron chi connectivity index (χ1n) is 6.42. The minimum atomic E-state index is -0.0489. The van der Waals surface area contributed by atoms with Crippen LogP contribution in [0.15, 0.2) is 24.3 Å². The highest BCUT2D eigenvalue weighted by molar-refractivity contribution is 5.85. The second-order valence-corrected chi connectivity index (χ2v) is 5.16. The summed E-state index contributed by atoms with van der Waals surface area (Å²) in [5, 5.41) is 1.22. The van der Waals surface area contributed by atoms with Gasteiger partial charge in [-0.1, -0.05) is 18.2 Å². The fourth-order valence-electron chi connectivity index (χ4n) is 2.85. The molecule has 3 rings (SSSR count). The van der Waals surface area contributed by atoms with Crippen LogP contribution in [0.4, 0.5) is 0 Å². The number of esters is 1. The molecule has 94 valence electrons. The average Bonchev–Trinajstić information content (AvgIpc) is 2.81. The fraction of sp³-hybridized carbons (Fsp3) is 0.400. The van der Waals surface area contributed by atoms with Gasteiger partial charge in [0.2, 0.25) is 0 Å². The van der Waals surface area contributed by atoms with E-state index in [1.165, 1.54) is 10.9 Å². The van der Waals surface area contributed by atoms with Gasteiger partial charge in [-0.15, -0.1) is 0 Å². The van der Waals surface area contributed by atoms with Gasteiger partial charge in [-0.2, -0.15) is 0 Å². The van der Waals surface area contributed by atoms with E-state index in [0.29, 0.717) is 0 Å². The van der Waals surface area contributed by atoms with E-state index in [-0.39, 0.29) is 18.0 Å². The molecule has 1 fully saturated rings. The predicted molar refractivity (Wildman–Crippen MR) is 70.4 cm³/mol. The van der Waals surface area contributed by atoms with Crippen LogP contribution in [0.2, 0.25) is 0 Å². The van der Waals surface area contributed by atoms with E-state index >= 15 is 0 Å². The number of hydrogen-bond donors (Lipinski definition) is 1. The third kappa shape index (κ3) is 1.80. The molecule has 0 radical (unpaired) electrons. The topological polar surface area (TPSA) is 42.1 Å². The lowest BCUT2D eigenvalue weighted by atomic mass is 9.95. The van der Waals surface area contributed by atoms with Crippen LogP contribution in [0.25, 0.3) is 10.9 Å². The number of aromatic nitrogens is 1. The second-order valence-electron chi connectivity index (χ2n) is 5.16. The minimum Gasteiger partial charge on any atom is -0.462 e. The highest BCUT2D eigenvalue weighted by Crippen LogP contribution is 2.29. The lowest BCUT2D eigenvalue weighted by Crippen LogP contribution is -2.11. The van der Waals surface area contributed by atoms with Gasteiger partial charge in [-0.25, -0.2) is 0 Å². The molecular weight excluding hydrogens is 226 g/mol. The third-order valence-corrected chi connectivity index (χ3v) is 3.74. The van der Waals surface area contributed by atoms with Crippen LogP contribution in [0, 0.1) is 12.8 Å². The van der Waals surface area contributed by atoms with Crippen molar-refractivity contribution >= 4 is 16.9 Å². The van der Waals surface area contributed by atoms with Crippen molar-refractivity contribution in [1.29, 1.82) is 0 Å². The van der Waals surface area contributed by atoms with Crippen molar-refractivity contribution in [3.05, 3.63) is 35.5 Å². The van der Waals surface area contributed by atoms with E-state index in [1.807, 2.05) is 19.1 Å². The number of fused-ring (bicyclic) bond motifs is 1. The van der Waals surface area contributed by atoms with Crippen molar-refractivity contribution in [2.24, 2.45) is 5.92 Å². The molecule has 2 heterocycles. The van der Waals surface area contributed by atoms with Crippen molar-refractivity contribution in [1.82, 2.24) is 4.98 Å². The number of hydrogen-bond acceptors (Lipinski definition) is 2. The van der Waals surface area contributed by atoms with Crippen LogP contribution in [0.1, 0.15) is 24.6 Å². The Kier molecular flexibility index (Phi) is 2.62. The minimum absolute atomic E-state index is 0.0120. The standard InChI is InChI=1S/C15H17NO2/c1-9-7-11(15(17)18-9)8-13-10(2)16-14-6-4-3-5-12(13)14/h3-6,9,11,16H,7-8H2,1-2H3/t9-,11-/m0/s1. The van der Waals surface area contributed by atoms with Gasteiger partial charge >= 0.3 is 5.97 Å². The third-order valence-electron chi connectivity index (χ3n) is 3.74. The Hall–Kier alpha value is -1.77. The number of benzene rings is 1. The quantitative estimate of drug-likeness (QED) is 0.824. The molecule has 3 nitrogen and oxygen atoms in total. The number of aryl methyl sites for hydroxylation is 1. The molecule has 1 aromatic heterocycles. The van der Waals surface area contributed by atoms with Crippen LogP contribution in [0.3, 0.4) is 0 Å².